The van der Waals surface area contributed by atoms with Crippen LogP contribution >= 0.6 is 11.3 Å². The van der Waals surface area contributed by atoms with E-state index in [1.54, 1.807) is 17.6 Å². The van der Waals surface area contributed by atoms with Gasteiger partial charge in [0.2, 0.25) is 5.13 Å². The lowest BCUT2D eigenvalue weighted by Gasteiger charge is -2.13. The highest BCUT2D eigenvalue weighted by Crippen LogP contribution is 2.25. The van der Waals surface area contributed by atoms with Gasteiger partial charge in [0.05, 0.1) is 18.0 Å². The molecule has 1 fully saturated rings. The number of aromatic nitrogens is 1. The van der Waals surface area contributed by atoms with Gasteiger partial charge in [0.25, 0.3) is 0 Å². The van der Waals surface area contributed by atoms with E-state index in [1.165, 1.54) is 12.8 Å². The van der Waals surface area contributed by atoms with E-state index in [-0.39, 0.29) is 0 Å². The van der Waals surface area contributed by atoms with Gasteiger partial charge < -0.3 is 4.74 Å². The van der Waals surface area contributed by atoms with Gasteiger partial charge in [0.1, 0.15) is 5.75 Å². The Morgan fingerprint density at radius 3 is 2.77 bits per heavy atom. The van der Waals surface area contributed by atoms with Crippen molar-refractivity contribution in [2.24, 2.45) is 5.10 Å². The molecule has 0 aliphatic heterocycles. The van der Waals surface area contributed by atoms with Crippen LogP contribution in [-0.2, 0) is 0 Å². The number of anilines is 1. The molecular weight excluding hydrogens is 342 g/mol. The maximum absolute atomic E-state index is 6.04. The summed E-state index contributed by atoms with van der Waals surface area (Å²) >= 11 is 1.54. The first kappa shape index (κ1) is 16.8. The fraction of sp³-hybridized carbons (Fsp3) is 0.238. The third-order valence-corrected chi connectivity index (χ3v) is 5.16. The molecule has 0 bridgehead atoms. The summed E-state index contributed by atoms with van der Waals surface area (Å²) in [7, 11) is 0. The van der Waals surface area contributed by atoms with E-state index in [2.05, 4.69) is 27.6 Å². The SMILES string of the molecule is C(=NNc1nc(-c2ccccc2)cs1)c1cccc(OC2CCCC2)c1. The number of hydrogen-bond donors (Lipinski definition) is 1. The Labute approximate surface area is 157 Å². The molecule has 132 valence electrons. The molecule has 4 rings (SSSR count). The van der Waals surface area contributed by atoms with Gasteiger partial charge in [0, 0.05) is 10.9 Å². The van der Waals surface area contributed by atoms with Gasteiger partial charge in [0.15, 0.2) is 0 Å². The standard InChI is InChI=1S/C21H21N3OS/c1-2-8-17(9-3-1)20-15-26-21(23-20)24-22-14-16-7-6-12-19(13-16)25-18-10-4-5-11-18/h1-3,6-9,12-15,18H,4-5,10-11H2,(H,23,24). The maximum atomic E-state index is 6.04. The van der Waals surface area contributed by atoms with Crippen LogP contribution in [0.1, 0.15) is 31.2 Å². The number of nitrogens with one attached hydrogen (secondary N) is 1. The first-order chi connectivity index (χ1) is 12.9. The summed E-state index contributed by atoms with van der Waals surface area (Å²) in [6, 6.07) is 18.2. The minimum atomic E-state index is 0.368. The fourth-order valence-corrected chi connectivity index (χ4v) is 3.76. The minimum absolute atomic E-state index is 0.368. The van der Waals surface area contributed by atoms with E-state index in [0.717, 1.165) is 40.5 Å². The second kappa shape index (κ2) is 8.15. The molecule has 1 aliphatic rings. The van der Waals surface area contributed by atoms with Crippen LogP contribution in [0, 0.1) is 0 Å². The summed E-state index contributed by atoms with van der Waals surface area (Å²) in [5.74, 6) is 0.918. The zero-order valence-electron chi connectivity index (χ0n) is 14.5. The molecule has 26 heavy (non-hydrogen) atoms. The van der Waals surface area contributed by atoms with Crippen molar-refractivity contribution >= 4 is 22.7 Å². The van der Waals surface area contributed by atoms with Crippen LogP contribution in [0.25, 0.3) is 11.3 Å². The minimum Gasteiger partial charge on any atom is -0.490 e. The summed E-state index contributed by atoms with van der Waals surface area (Å²) in [6.45, 7) is 0. The van der Waals surface area contributed by atoms with Gasteiger partial charge in [-0.25, -0.2) is 4.98 Å². The molecule has 0 spiro atoms. The van der Waals surface area contributed by atoms with Gasteiger partial charge in [-0.15, -0.1) is 11.3 Å². The highest BCUT2D eigenvalue weighted by Gasteiger charge is 2.16. The second-order valence-corrected chi connectivity index (χ2v) is 7.23. The monoisotopic (exact) mass is 363 g/mol. The molecule has 2 aromatic carbocycles. The fourth-order valence-electron chi connectivity index (χ4n) is 3.10. The van der Waals surface area contributed by atoms with Gasteiger partial charge in [-0.2, -0.15) is 5.10 Å². The third kappa shape index (κ3) is 4.29. The maximum Gasteiger partial charge on any atom is 0.203 e. The van der Waals surface area contributed by atoms with E-state index < -0.39 is 0 Å². The topological polar surface area (TPSA) is 46.5 Å². The predicted molar refractivity (Wildman–Crippen MR) is 108 cm³/mol. The molecule has 1 saturated carbocycles. The van der Waals surface area contributed by atoms with Crippen molar-refractivity contribution < 1.29 is 4.74 Å². The lowest BCUT2D eigenvalue weighted by Crippen LogP contribution is -2.10. The van der Waals surface area contributed by atoms with E-state index in [0.29, 0.717) is 6.10 Å². The Kier molecular flexibility index (Phi) is 5.26. The highest BCUT2D eigenvalue weighted by atomic mass is 32.1. The molecule has 4 nitrogen and oxygen atoms in total. The van der Waals surface area contributed by atoms with Crippen molar-refractivity contribution in [3.05, 3.63) is 65.5 Å². The van der Waals surface area contributed by atoms with Crippen molar-refractivity contribution in [3.8, 4) is 17.0 Å². The molecule has 1 aromatic heterocycles. The Hall–Kier alpha value is -2.66. The average molecular weight is 363 g/mol. The normalized spacial score (nSPS) is 14.8. The quantitative estimate of drug-likeness (QED) is 0.459. The summed E-state index contributed by atoms with van der Waals surface area (Å²) in [5, 5.41) is 7.12. The van der Waals surface area contributed by atoms with E-state index in [9.17, 15) is 0 Å². The summed E-state index contributed by atoms with van der Waals surface area (Å²) in [5.41, 5.74) is 6.09. The van der Waals surface area contributed by atoms with Gasteiger partial charge in [-0.1, -0.05) is 42.5 Å². The molecule has 1 heterocycles. The number of thiazole rings is 1. The van der Waals surface area contributed by atoms with Crippen LogP contribution in [0.5, 0.6) is 5.75 Å². The van der Waals surface area contributed by atoms with E-state index >= 15 is 0 Å². The van der Waals surface area contributed by atoms with Crippen LogP contribution in [-0.4, -0.2) is 17.3 Å². The van der Waals surface area contributed by atoms with Crippen LogP contribution in [0.4, 0.5) is 5.13 Å². The molecular formula is C21H21N3OS. The lowest BCUT2D eigenvalue weighted by molar-refractivity contribution is 0.210. The Balaban J connectivity index is 1.37. The van der Waals surface area contributed by atoms with Gasteiger partial charge in [-0.3, -0.25) is 5.43 Å². The molecule has 0 saturated heterocycles. The smallest absolute Gasteiger partial charge is 0.203 e. The zero-order chi connectivity index (χ0) is 17.6. The molecule has 3 aromatic rings. The third-order valence-electron chi connectivity index (χ3n) is 4.41. The van der Waals surface area contributed by atoms with Gasteiger partial charge >= 0.3 is 0 Å². The molecule has 5 heteroatoms. The second-order valence-electron chi connectivity index (χ2n) is 6.37. The van der Waals surface area contributed by atoms with Crippen LogP contribution in [0.15, 0.2) is 65.1 Å². The number of ether oxygens (including phenoxy) is 1. The molecule has 0 unspecified atom stereocenters. The summed E-state index contributed by atoms with van der Waals surface area (Å²) in [4.78, 5) is 4.57. The highest BCUT2D eigenvalue weighted by molar-refractivity contribution is 7.14. The van der Waals surface area contributed by atoms with Crippen LogP contribution in [0.3, 0.4) is 0 Å². The summed E-state index contributed by atoms with van der Waals surface area (Å²) < 4.78 is 6.04. The van der Waals surface area contributed by atoms with Crippen molar-refractivity contribution in [2.75, 3.05) is 5.43 Å². The average Bonchev–Trinajstić information content (AvgIpc) is 3.35. The first-order valence-electron chi connectivity index (χ1n) is 8.93. The molecule has 0 amide bonds. The Bertz CT molecular complexity index is 870. The molecule has 0 atom stereocenters. The number of benzene rings is 2. The first-order valence-corrected chi connectivity index (χ1v) is 9.81. The van der Waals surface area contributed by atoms with E-state index in [4.69, 9.17) is 4.74 Å². The van der Waals surface area contributed by atoms with Crippen molar-refractivity contribution in [1.29, 1.82) is 0 Å². The van der Waals surface area contributed by atoms with Crippen molar-refractivity contribution in [1.82, 2.24) is 4.98 Å². The van der Waals surface area contributed by atoms with Crippen molar-refractivity contribution in [3.63, 3.8) is 0 Å². The molecule has 0 radical (unpaired) electrons. The van der Waals surface area contributed by atoms with Crippen molar-refractivity contribution in [2.45, 2.75) is 31.8 Å². The number of hydrogen-bond acceptors (Lipinski definition) is 5. The molecule has 1 N–H and O–H groups in total. The predicted octanol–water partition coefficient (Wildman–Crippen LogP) is 5.58. The lowest BCUT2D eigenvalue weighted by atomic mass is 10.2. The Morgan fingerprint density at radius 1 is 1.08 bits per heavy atom. The number of hydrazone groups is 1. The number of rotatable bonds is 6. The number of nitrogens with zero attached hydrogens (tertiary/aromatic N) is 2. The zero-order valence-corrected chi connectivity index (χ0v) is 15.3. The summed E-state index contributed by atoms with van der Waals surface area (Å²) in [6.07, 6.45) is 7.03. The Morgan fingerprint density at radius 2 is 1.92 bits per heavy atom. The van der Waals surface area contributed by atoms with Crippen LogP contribution < -0.4 is 10.2 Å². The molecule has 1 aliphatic carbocycles. The largest absolute Gasteiger partial charge is 0.490 e. The van der Waals surface area contributed by atoms with E-state index in [1.807, 2.05) is 47.8 Å². The van der Waals surface area contributed by atoms with Crippen LogP contribution in [0.2, 0.25) is 0 Å². The van der Waals surface area contributed by atoms with Gasteiger partial charge in [-0.05, 0) is 43.4 Å².